The predicted octanol–water partition coefficient (Wildman–Crippen LogP) is 2.99. The van der Waals surface area contributed by atoms with E-state index in [2.05, 4.69) is 11.7 Å². The van der Waals surface area contributed by atoms with E-state index in [1.54, 1.807) is 0 Å². The molecule has 1 aromatic rings. The minimum atomic E-state index is -0.260. The Balaban J connectivity index is 2.08. The van der Waals surface area contributed by atoms with Crippen LogP contribution < -0.4 is 0 Å². The standard InChI is InChI=1S/C13H16O2/c1-3-9-8-12(9)10-4-6-11(7-5-10)13(14)15-2/h4-7,9,12H,3,8H2,1-2H3/t9-,12-/m0/s1. The van der Waals surface area contributed by atoms with E-state index in [0.717, 1.165) is 11.8 Å². The third kappa shape index (κ3) is 2.04. The average Bonchev–Trinajstić information content (AvgIpc) is 3.07. The first-order valence-electron chi connectivity index (χ1n) is 5.44. The van der Waals surface area contributed by atoms with Crippen molar-refractivity contribution in [2.24, 2.45) is 5.92 Å². The molecular weight excluding hydrogens is 188 g/mol. The van der Waals surface area contributed by atoms with Crippen LogP contribution in [0.2, 0.25) is 0 Å². The number of hydrogen-bond acceptors (Lipinski definition) is 2. The molecule has 0 aliphatic heterocycles. The number of ether oxygens (including phenoxy) is 1. The smallest absolute Gasteiger partial charge is 0.337 e. The van der Waals surface area contributed by atoms with Gasteiger partial charge in [-0.25, -0.2) is 4.79 Å². The fraction of sp³-hybridized carbons (Fsp3) is 0.462. The third-order valence-electron chi connectivity index (χ3n) is 3.21. The number of carbonyl (C=O) groups excluding carboxylic acids is 1. The first-order valence-corrected chi connectivity index (χ1v) is 5.44. The van der Waals surface area contributed by atoms with Gasteiger partial charge < -0.3 is 4.74 Å². The van der Waals surface area contributed by atoms with E-state index in [9.17, 15) is 4.79 Å². The van der Waals surface area contributed by atoms with Gasteiger partial charge in [-0.3, -0.25) is 0 Å². The Hall–Kier alpha value is -1.31. The van der Waals surface area contributed by atoms with Crippen LogP contribution in [0, 0.1) is 5.92 Å². The van der Waals surface area contributed by atoms with Crippen LogP contribution in [-0.2, 0) is 4.74 Å². The molecule has 0 spiro atoms. The first kappa shape index (κ1) is 10.2. The van der Waals surface area contributed by atoms with Crippen molar-refractivity contribution in [3.8, 4) is 0 Å². The van der Waals surface area contributed by atoms with Crippen molar-refractivity contribution in [2.45, 2.75) is 25.7 Å². The molecule has 2 nitrogen and oxygen atoms in total. The van der Waals surface area contributed by atoms with Gasteiger partial charge in [-0.05, 0) is 36.0 Å². The Morgan fingerprint density at radius 3 is 2.53 bits per heavy atom. The number of rotatable bonds is 3. The quantitative estimate of drug-likeness (QED) is 0.707. The van der Waals surface area contributed by atoms with Crippen LogP contribution in [-0.4, -0.2) is 13.1 Å². The molecular formula is C13H16O2. The molecule has 1 fully saturated rings. The summed E-state index contributed by atoms with van der Waals surface area (Å²) < 4.78 is 4.66. The Kier molecular flexibility index (Phi) is 2.76. The van der Waals surface area contributed by atoms with Crippen molar-refractivity contribution >= 4 is 5.97 Å². The summed E-state index contributed by atoms with van der Waals surface area (Å²) in [6.45, 7) is 2.23. The van der Waals surface area contributed by atoms with Crippen LogP contribution in [0.15, 0.2) is 24.3 Å². The molecule has 0 amide bonds. The maximum Gasteiger partial charge on any atom is 0.337 e. The summed E-state index contributed by atoms with van der Waals surface area (Å²) in [5.74, 6) is 1.32. The summed E-state index contributed by atoms with van der Waals surface area (Å²) in [4.78, 5) is 11.2. The maximum absolute atomic E-state index is 11.2. The lowest BCUT2D eigenvalue weighted by Crippen LogP contribution is -2.00. The first-order chi connectivity index (χ1) is 7.26. The van der Waals surface area contributed by atoms with Crippen molar-refractivity contribution in [3.63, 3.8) is 0 Å². The summed E-state index contributed by atoms with van der Waals surface area (Å²) in [7, 11) is 1.41. The maximum atomic E-state index is 11.2. The Bertz CT molecular complexity index is 353. The summed E-state index contributed by atoms with van der Waals surface area (Å²) in [6, 6.07) is 7.80. The zero-order valence-corrected chi connectivity index (χ0v) is 9.19. The van der Waals surface area contributed by atoms with E-state index >= 15 is 0 Å². The molecule has 0 radical (unpaired) electrons. The Morgan fingerprint density at radius 1 is 1.40 bits per heavy atom. The van der Waals surface area contributed by atoms with E-state index in [0.29, 0.717) is 5.56 Å². The van der Waals surface area contributed by atoms with Gasteiger partial charge in [0, 0.05) is 0 Å². The molecule has 0 unspecified atom stereocenters. The molecule has 2 atom stereocenters. The second kappa shape index (κ2) is 4.05. The fourth-order valence-corrected chi connectivity index (χ4v) is 2.09. The molecule has 0 saturated heterocycles. The second-order valence-electron chi connectivity index (χ2n) is 4.12. The molecule has 0 N–H and O–H groups in total. The normalized spacial score (nSPS) is 23.6. The van der Waals surface area contributed by atoms with Gasteiger partial charge in [-0.2, -0.15) is 0 Å². The molecule has 0 heterocycles. The van der Waals surface area contributed by atoms with Crippen LogP contribution in [0.1, 0.15) is 41.6 Å². The van der Waals surface area contributed by atoms with Gasteiger partial charge >= 0.3 is 5.97 Å². The van der Waals surface area contributed by atoms with Crippen LogP contribution in [0.4, 0.5) is 0 Å². The molecule has 2 rings (SSSR count). The summed E-state index contributed by atoms with van der Waals surface area (Å²) in [6.07, 6.45) is 2.55. The summed E-state index contributed by atoms with van der Waals surface area (Å²) >= 11 is 0. The lowest BCUT2D eigenvalue weighted by atomic mass is 10.1. The van der Waals surface area contributed by atoms with Crippen molar-refractivity contribution < 1.29 is 9.53 Å². The predicted molar refractivity (Wildman–Crippen MR) is 58.9 cm³/mol. The van der Waals surface area contributed by atoms with Crippen molar-refractivity contribution in [1.82, 2.24) is 0 Å². The van der Waals surface area contributed by atoms with Gasteiger partial charge in [0.25, 0.3) is 0 Å². The highest BCUT2D eigenvalue weighted by Crippen LogP contribution is 2.49. The zero-order valence-electron chi connectivity index (χ0n) is 9.19. The molecule has 2 heteroatoms. The number of methoxy groups -OCH3 is 1. The van der Waals surface area contributed by atoms with Crippen molar-refractivity contribution in [1.29, 1.82) is 0 Å². The molecule has 15 heavy (non-hydrogen) atoms. The molecule has 80 valence electrons. The van der Waals surface area contributed by atoms with Crippen molar-refractivity contribution in [3.05, 3.63) is 35.4 Å². The summed E-state index contributed by atoms with van der Waals surface area (Å²) in [5.41, 5.74) is 1.99. The van der Waals surface area contributed by atoms with Crippen LogP contribution in [0.3, 0.4) is 0 Å². The molecule has 1 aliphatic rings. The minimum absolute atomic E-state index is 0.260. The number of benzene rings is 1. The molecule has 0 bridgehead atoms. The highest BCUT2D eigenvalue weighted by Gasteiger charge is 2.36. The Labute approximate surface area is 90.3 Å². The van der Waals surface area contributed by atoms with Crippen LogP contribution in [0.5, 0.6) is 0 Å². The zero-order chi connectivity index (χ0) is 10.8. The minimum Gasteiger partial charge on any atom is -0.465 e. The Morgan fingerprint density at radius 2 is 2.07 bits per heavy atom. The largest absolute Gasteiger partial charge is 0.465 e. The highest BCUT2D eigenvalue weighted by atomic mass is 16.5. The van der Waals surface area contributed by atoms with E-state index in [1.807, 2.05) is 24.3 Å². The monoisotopic (exact) mass is 204 g/mol. The van der Waals surface area contributed by atoms with Gasteiger partial charge in [0.2, 0.25) is 0 Å². The molecule has 1 saturated carbocycles. The van der Waals surface area contributed by atoms with Crippen LogP contribution >= 0.6 is 0 Å². The van der Waals surface area contributed by atoms with Crippen molar-refractivity contribution in [2.75, 3.05) is 7.11 Å². The van der Waals surface area contributed by atoms with Gasteiger partial charge in [-0.15, -0.1) is 0 Å². The van der Waals surface area contributed by atoms with Crippen LogP contribution in [0.25, 0.3) is 0 Å². The lowest BCUT2D eigenvalue weighted by Gasteiger charge is -2.02. The number of esters is 1. The second-order valence-corrected chi connectivity index (χ2v) is 4.12. The number of carbonyl (C=O) groups is 1. The lowest BCUT2D eigenvalue weighted by molar-refractivity contribution is 0.0600. The van der Waals surface area contributed by atoms with Gasteiger partial charge in [0.05, 0.1) is 12.7 Å². The average molecular weight is 204 g/mol. The highest BCUT2D eigenvalue weighted by molar-refractivity contribution is 5.89. The fourth-order valence-electron chi connectivity index (χ4n) is 2.09. The third-order valence-corrected chi connectivity index (χ3v) is 3.21. The molecule has 1 aliphatic carbocycles. The van der Waals surface area contributed by atoms with E-state index < -0.39 is 0 Å². The molecule has 0 aromatic heterocycles. The number of hydrogen-bond donors (Lipinski definition) is 0. The molecule has 1 aromatic carbocycles. The van der Waals surface area contributed by atoms with Gasteiger partial charge in [0.1, 0.15) is 0 Å². The topological polar surface area (TPSA) is 26.3 Å². The summed E-state index contributed by atoms with van der Waals surface area (Å²) in [5, 5.41) is 0. The van der Waals surface area contributed by atoms with E-state index in [4.69, 9.17) is 0 Å². The van der Waals surface area contributed by atoms with Gasteiger partial charge in [0.15, 0.2) is 0 Å². The van der Waals surface area contributed by atoms with E-state index in [1.165, 1.54) is 25.5 Å². The SMILES string of the molecule is CC[C@H]1C[C@@H]1c1ccc(C(=O)OC)cc1. The van der Waals surface area contributed by atoms with Gasteiger partial charge in [-0.1, -0.05) is 25.5 Å². The van der Waals surface area contributed by atoms with E-state index in [-0.39, 0.29) is 5.97 Å².